The Morgan fingerprint density at radius 3 is 2.22 bits per heavy atom. The summed E-state index contributed by atoms with van der Waals surface area (Å²) in [6.07, 6.45) is -1.65. The monoisotopic (exact) mass is 650 g/mol. The molecule has 1 aromatic rings. The van der Waals surface area contributed by atoms with E-state index in [0.29, 0.717) is 12.0 Å². The Kier molecular flexibility index (Phi) is 12.2. The van der Waals surface area contributed by atoms with Crippen LogP contribution in [-0.2, 0) is 35.1 Å². The second kappa shape index (κ2) is 15.5. The number of hydrogen-bond acceptors (Lipinski definition) is 7. The smallest absolute Gasteiger partial charge is 0.408 e. The minimum Gasteiger partial charge on any atom is -0.480 e. The van der Waals surface area contributed by atoms with E-state index < -0.39 is 102 Å². The van der Waals surface area contributed by atoms with Crippen LogP contribution in [0.1, 0.15) is 65.9 Å². The van der Waals surface area contributed by atoms with E-state index >= 15 is 0 Å². The maximum atomic E-state index is 14.9. The number of rotatable bonds is 14. The molecule has 1 aliphatic heterocycles. The molecule has 1 saturated heterocycles. The van der Waals surface area contributed by atoms with E-state index in [1.807, 2.05) is 0 Å². The highest BCUT2D eigenvalue weighted by atomic mass is 19.3. The highest BCUT2D eigenvalue weighted by molar-refractivity contribution is 6.38. The molecule has 254 valence electrons. The maximum Gasteiger partial charge on any atom is 0.408 e. The Hall–Kier alpha value is -4.10. The van der Waals surface area contributed by atoms with E-state index in [1.54, 1.807) is 65.0 Å². The van der Waals surface area contributed by atoms with Crippen molar-refractivity contribution in [2.45, 2.75) is 103 Å². The number of hydrogen-bond donors (Lipinski definition) is 4. The third kappa shape index (κ3) is 8.79. The molecular formula is C32H44F2N4O8. The molecule has 4 N–H and O–H groups in total. The molecule has 0 radical (unpaired) electrons. The summed E-state index contributed by atoms with van der Waals surface area (Å²) in [4.78, 5) is 79.1. The highest BCUT2D eigenvalue weighted by Crippen LogP contribution is 2.51. The number of Topliss-reactive ketones (excluding diaryl/α,β-unsaturated/α-hetero) is 1. The Morgan fingerprint density at radius 1 is 1.00 bits per heavy atom. The maximum absolute atomic E-state index is 14.9. The van der Waals surface area contributed by atoms with Crippen molar-refractivity contribution in [1.29, 1.82) is 0 Å². The fourth-order valence-electron chi connectivity index (χ4n) is 6.14. The van der Waals surface area contributed by atoms with Gasteiger partial charge >= 0.3 is 12.1 Å². The summed E-state index contributed by atoms with van der Waals surface area (Å²) in [7, 11) is 0. The van der Waals surface area contributed by atoms with Crippen LogP contribution in [0.15, 0.2) is 30.3 Å². The molecule has 3 rings (SSSR count). The second-order valence-corrected chi connectivity index (χ2v) is 12.6. The lowest BCUT2D eigenvalue weighted by Gasteiger charge is -2.33. The fourth-order valence-corrected chi connectivity index (χ4v) is 6.14. The van der Waals surface area contributed by atoms with E-state index in [2.05, 4.69) is 16.0 Å². The van der Waals surface area contributed by atoms with E-state index in [0.717, 1.165) is 4.90 Å². The van der Waals surface area contributed by atoms with E-state index in [9.17, 15) is 42.7 Å². The number of likely N-dealkylation sites (tertiary alicyclic amines) is 1. The molecule has 46 heavy (non-hydrogen) atoms. The number of nitrogens with zero attached hydrogens (tertiary/aromatic N) is 1. The average Bonchev–Trinajstić information content (AvgIpc) is 3.51. The number of aliphatic carboxylic acids is 1. The summed E-state index contributed by atoms with van der Waals surface area (Å²) in [5, 5.41) is 16.9. The van der Waals surface area contributed by atoms with Gasteiger partial charge in [-0.3, -0.25) is 19.2 Å². The van der Waals surface area contributed by atoms with Crippen molar-refractivity contribution in [1.82, 2.24) is 20.9 Å². The number of amides is 4. The Morgan fingerprint density at radius 2 is 1.65 bits per heavy atom. The van der Waals surface area contributed by atoms with Gasteiger partial charge in [0.2, 0.25) is 17.6 Å². The summed E-state index contributed by atoms with van der Waals surface area (Å²) in [5.41, 5.74) is 0.613. The van der Waals surface area contributed by atoms with Crippen molar-refractivity contribution >= 4 is 35.6 Å². The third-order valence-corrected chi connectivity index (χ3v) is 8.43. The number of alkyl halides is 2. The molecule has 1 unspecified atom stereocenters. The average molecular weight is 651 g/mol. The van der Waals surface area contributed by atoms with E-state index in [4.69, 9.17) is 4.74 Å². The van der Waals surface area contributed by atoms with Crippen LogP contribution in [0.5, 0.6) is 0 Å². The predicted molar refractivity (Wildman–Crippen MR) is 162 cm³/mol. The van der Waals surface area contributed by atoms with Crippen LogP contribution >= 0.6 is 0 Å². The molecule has 1 aliphatic carbocycles. The molecule has 0 bridgehead atoms. The summed E-state index contributed by atoms with van der Waals surface area (Å²) in [5.74, 6) is -11.2. The summed E-state index contributed by atoms with van der Waals surface area (Å²) >= 11 is 0. The lowest BCUT2D eigenvalue weighted by molar-refractivity contribution is -0.146. The van der Waals surface area contributed by atoms with Gasteiger partial charge in [-0.1, -0.05) is 57.5 Å². The highest BCUT2D eigenvalue weighted by Gasteiger charge is 2.61. The Labute approximate surface area is 267 Å². The lowest BCUT2D eigenvalue weighted by Crippen LogP contribution is -2.59. The SMILES string of the molecule is CCCC(NC(=O)[C@@H]1[C@H]2CCC(F)(F)[C@H]2CN1C(=O)[C@@H](NC(=O)OC(C)C)C(C)C)C(=O)C(=O)N[C@H](Cc1ccccc1)C(=O)O. The number of carboxylic acid groups (broad SMARTS) is 1. The molecule has 0 spiro atoms. The zero-order valence-corrected chi connectivity index (χ0v) is 26.8. The topological polar surface area (TPSA) is 171 Å². The first-order chi connectivity index (χ1) is 21.6. The van der Waals surface area contributed by atoms with Gasteiger partial charge in [-0.25, -0.2) is 18.4 Å². The molecule has 4 amide bonds. The minimum atomic E-state index is -3.14. The number of fused-ring (bicyclic) bond motifs is 1. The fraction of sp³-hybridized carbons (Fsp3) is 0.625. The third-order valence-electron chi connectivity index (χ3n) is 8.43. The van der Waals surface area contributed by atoms with Gasteiger partial charge < -0.3 is 30.7 Å². The van der Waals surface area contributed by atoms with Gasteiger partial charge in [0.25, 0.3) is 11.8 Å². The molecule has 2 aliphatic rings. The van der Waals surface area contributed by atoms with Gasteiger partial charge in [0.1, 0.15) is 18.1 Å². The number of benzene rings is 1. The van der Waals surface area contributed by atoms with Crippen LogP contribution in [0.2, 0.25) is 0 Å². The largest absolute Gasteiger partial charge is 0.480 e. The van der Waals surface area contributed by atoms with Crippen LogP contribution < -0.4 is 16.0 Å². The summed E-state index contributed by atoms with van der Waals surface area (Å²) in [6.45, 7) is 7.80. The number of halogens is 2. The first-order valence-electron chi connectivity index (χ1n) is 15.6. The molecule has 0 aromatic heterocycles. The molecule has 12 nitrogen and oxygen atoms in total. The van der Waals surface area contributed by atoms with Crippen molar-refractivity contribution in [2.24, 2.45) is 17.8 Å². The van der Waals surface area contributed by atoms with Gasteiger partial charge in [0.15, 0.2) is 0 Å². The van der Waals surface area contributed by atoms with Crippen molar-refractivity contribution in [2.75, 3.05) is 6.54 Å². The number of ketones is 1. The van der Waals surface area contributed by atoms with Gasteiger partial charge in [-0.15, -0.1) is 0 Å². The molecule has 1 saturated carbocycles. The molecule has 14 heteroatoms. The van der Waals surface area contributed by atoms with Crippen LogP contribution in [0.25, 0.3) is 0 Å². The van der Waals surface area contributed by atoms with Gasteiger partial charge in [0.05, 0.1) is 12.1 Å². The summed E-state index contributed by atoms with van der Waals surface area (Å²) < 4.78 is 35.0. The number of carbonyl (C=O) groups excluding carboxylic acids is 5. The van der Waals surface area contributed by atoms with Crippen LogP contribution in [0, 0.1) is 17.8 Å². The lowest BCUT2D eigenvalue weighted by atomic mass is 9.91. The molecule has 6 atom stereocenters. The second-order valence-electron chi connectivity index (χ2n) is 12.6. The van der Waals surface area contributed by atoms with Gasteiger partial charge in [-0.05, 0) is 44.1 Å². The van der Waals surface area contributed by atoms with Crippen molar-refractivity contribution in [3.05, 3.63) is 35.9 Å². The Bertz CT molecular complexity index is 1290. The number of ether oxygens (including phenoxy) is 1. The zero-order valence-electron chi connectivity index (χ0n) is 26.8. The minimum absolute atomic E-state index is 0.00342. The first kappa shape index (κ1) is 36.4. The van der Waals surface area contributed by atoms with E-state index in [-0.39, 0.29) is 19.3 Å². The van der Waals surface area contributed by atoms with Crippen molar-refractivity contribution < 1.29 is 47.4 Å². The standard InChI is InChI=1S/C32H44F2N4O8/c1-6-10-22(26(39)28(41)36-23(30(43)44)15-19-11-8-7-9-12-19)35-27(40)25-20-13-14-32(33,34)21(20)16-38(25)29(42)24(17(2)3)37-31(45)46-18(4)5/h7-9,11-12,17-18,20-25H,6,10,13-16H2,1-5H3,(H,35,40)(H,36,41)(H,37,45)(H,43,44)/t20-,21-,22?,23+,24-,25-/m0/s1. The normalized spacial score (nSPS) is 22.0. The number of alkyl carbamates (subject to hydrolysis) is 1. The first-order valence-corrected chi connectivity index (χ1v) is 15.6. The molecule has 1 aromatic carbocycles. The Balaban J connectivity index is 1.83. The van der Waals surface area contributed by atoms with Gasteiger partial charge in [-0.2, -0.15) is 0 Å². The van der Waals surface area contributed by atoms with Crippen molar-refractivity contribution in [3.8, 4) is 0 Å². The number of carbonyl (C=O) groups is 6. The zero-order chi connectivity index (χ0) is 34.3. The molecular weight excluding hydrogens is 606 g/mol. The molecule has 1 heterocycles. The van der Waals surface area contributed by atoms with Crippen LogP contribution in [0.4, 0.5) is 13.6 Å². The van der Waals surface area contributed by atoms with Crippen LogP contribution in [0.3, 0.4) is 0 Å². The number of nitrogens with one attached hydrogen (secondary N) is 3. The van der Waals surface area contributed by atoms with Crippen molar-refractivity contribution in [3.63, 3.8) is 0 Å². The van der Waals surface area contributed by atoms with E-state index in [1.165, 1.54) is 0 Å². The summed E-state index contributed by atoms with van der Waals surface area (Å²) in [6, 6.07) is 3.08. The van der Waals surface area contributed by atoms with Crippen LogP contribution in [-0.4, -0.2) is 88.3 Å². The van der Waals surface area contributed by atoms with Gasteiger partial charge in [0, 0.05) is 25.3 Å². The molecule has 2 fully saturated rings. The number of carboxylic acids is 1. The predicted octanol–water partition coefficient (Wildman–Crippen LogP) is 2.68. The quantitative estimate of drug-likeness (QED) is 0.223.